The minimum atomic E-state index is -0.973. The Labute approximate surface area is 201 Å². The smallest absolute Gasteiger partial charge is 0.154 e. The van der Waals surface area contributed by atoms with Crippen molar-refractivity contribution >= 4 is 17.4 Å². The molecule has 4 fully saturated rings. The predicted octanol–water partition coefficient (Wildman–Crippen LogP) is 8.40. The molecule has 0 heterocycles. The van der Waals surface area contributed by atoms with Gasteiger partial charge in [-0.05, 0) is 97.2 Å². The Balaban J connectivity index is 1.56. The van der Waals surface area contributed by atoms with Crippen LogP contribution < -0.4 is 0 Å². The van der Waals surface area contributed by atoms with Gasteiger partial charge in [-0.25, -0.2) is 4.39 Å². The molecule has 0 N–H and O–H groups in total. The molecule has 0 saturated heterocycles. The highest BCUT2D eigenvalue weighted by molar-refractivity contribution is 6.36. The van der Waals surface area contributed by atoms with Crippen LogP contribution in [-0.2, 0) is 4.79 Å². The van der Waals surface area contributed by atoms with Crippen LogP contribution in [0, 0.1) is 52.3 Å². The van der Waals surface area contributed by atoms with Crippen LogP contribution in [-0.4, -0.2) is 16.8 Å². The third-order valence-corrected chi connectivity index (χ3v) is 12.0. The van der Waals surface area contributed by atoms with Crippen LogP contribution in [0.3, 0.4) is 0 Å². The fourth-order valence-corrected chi connectivity index (χ4v) is 9.61. The van der Waals surface area contributed by atoms with E-state index < -0.39 is 11.0 Å². The van der Waals surface area contributed by atoms with Crippen LogP contribution in [0.2, 0.25) is 0 Å². The molecule has 0 unspecified atom stereocenters. The molecule has 4 saturated carbocycles. The maximum Gasteiger partial charge on any atom is 0.154 e. The van der Waals surface area contributed by atoms with E-state index in [2.05, 4.69) is 53.7 Å². The van der Waals surface area contributed by atoms with Crippen molar-refractivity contribution in [2.75, 3.05) is 0 Å². The summed E-state index contributed by atoms with van der Waals surface area (Å²) in [6, 6.07) is 0. The summed E-state index contributed by atoms with van der Waals surface area (Å²) in [4.78, 5) is 12.5. The zero-order valence-electron chi connectivity index (χ0n) is 21.3. The number of rotatable bonds is 5. The molecule has 4 aliphatic carbocycles. The molecule has 4 aliphatic rings. The molecule has 1 nitrogen and oxygen atoms in total. The zero-order chi connectivity index (χ0) is 23.5. The van der Waals surface area contributed by atoms with Gasteiger partial charge in [0.15, 0.2) is 5.78 Å². The van der Waals surface area contributed by atoms with Crippen molar-refractivity contribution in [1.29, 1.82) is 0 Å². The molecule has 0 aromatic heterocycles. The highest BCUT2D eigenvalue weighted by atomic mass is 35.5. The van der Waals surface area contributed by atoms with Gasteiger partial charge in [-0.15, -0.1) is 11.6 Å². The summed E-state index contributed by atoms with van der Waals surface area (Å²) in [6.07, 6.45) is 12.3. The number of alkyl halides is 2. The molecule has 0 aromatic rings. The Morgan fingerprint density at radius 3 is 2.44 bits per heavy atom. The monoisotopic (exact) mass is 464 g/mol. The quantitative estimate of drug-likeness (QED) is 0.295. The van der Waals surface area contributed by atoms with Crippen molar-refractivity contribution < 1.29 is 9.18 Å². The Bertz CT molecular complexity index is 747. The summed E-state index contributed by atoms with van der Waals surface area (Å²) in [7, 11) is 0. The summed E-state index contributed by atoms with van der Waals surface area (Å²) in [5.41, 5.74) is 0.0679. The van der Waals surface area contributed by atoms with E-state index >= 15 is 0 Å². The number of ketones is 1. The third kappa shape index (κ3) is 3.64. The van der Waals surface area contributed by atoms with Gasteiger partial charge in [0.05, 0.1) is 0 Å². The van der Waals surface area contributed by atoms with E-state index in [0.717, 1.165) is 12.8 Å². The van der Waals surface area contributed by atoms with Gasteiger partial charge < -0.3 is 0 Å². The Hall–Kier alpha value is -0.370. The lowest BCUT2D eigenvalue weighted by Crippen LogP contribution is -2.64. The molecule has 0 spiro atoms. The standard InChI is InChI=1S/C29H46ClFO/c1-7-20(18(2)3)9-8-19(4)23-10-11-24-22-16-26(32)29(30)17-21(31)12-15-28(29,6)25(22)13-14-27(23,24)5/h8-9,18-25H,7,10-17H2,1-6H3/b9-8+/t19-,20-,21+,22+,23-,24+,25+,27-,28-,29+/m1/s1. The lowest BCUT2D eigenvalue weighted by atomic mass is 9.44. The first-order valence-electron chi connectivity index (χ1n) is 13.5. The predicted molar refractivity (Wildman–Crippen MR) is 133 cm³/mol. The van der Waals surface area contributed by atoms with Crippen LogP contribution >= 0.6 is 11.6 Å². The molecular weight excluding hydrogens is 419 g/mol. The molecule has 10 atom stereocenters. The molecule has 0 aliphatic heterocycles. The first-order valence-corrected chi connectivity index (χ1v) is 13.9. The Kier molecular flexibility index (Phi) is 6.72. The fraction of sp³-hybridized carbons (Fsp3) is 0.897. The minimum absolute atomic E-state index is 0.147. The van der Waals surface area contributed by atoms with Gasteiger partial charge in [0.2, 0.25) is 0 Å². The van der Waals surface area contributed by atoms with E-state index in [1.165, 1.54) is 25.7 Å². The molecule has 32 heavy (non-hydrogen) atoms. The van der Waals surface area contributed by atoms with Crippen molar-refractivity contribution in [3.05, 3.63) is 12.2 Å². The van der Waals surface area contributed by atoms with E-state index in [9.17, 15) is 9.18 Å². The van der Waals surface area contributed by atoms with Crippen LogP contribution in [0.15, 0.2) is 12.2 Å². The molecule has 0 bridgehead atoms. The summed E-state index contributed by atoms with van der Waals surface area (Å²) in [5.74, 6) is 4.30. The largest absolute Gasteiger partial charge is 0.298 e. The van der Waals surface area contributed by atoms with Gasteiger partial charge in [-0.3, -0.25) is 4.79 Å². The maximum absolute atomic E-state index is 14.3. The summed E-state index contributed by atoms with van der Waals surface area (Å²) in [6.45, 7) is 14.1. The van der Waals surface area contributed by atoms with Crippen molar-refractivity contribution in [3.8, 4) is 0 Å². The number of fused-ring (bicyclic) bond motifs is 5. The molecule has 4 rings (SSSR count). The van der Waals surface area contributed by atoms with Gasteiger partial charge in [0.1, 0.15) is 11.0 Å². The number of hydrogen-bond acceptors (Lipinski definition) is 1. The summed E-state index contributed by atoms with van der Waals surface area (Å²) < 4.78 is 14.3. The fourth-order valence-electron chi connectivity index (χ4n) is 9.13. The number of halogens is 2. The Morgan fingerprint density at radius 1 is 1.06 bits per heavy atom. The van der Waals surface area contributed by atoms with E-state index in [1.807, 2.05) is 0 Å². The molecule has 182 valence electrons. The highest BCUT2D eigenvalue weighted by Crippen LogP contribution is 2.69. The SMILES string of the molecule is CC[C@H](/C=C/[C@@H](C)[C@H]1CC[C@H]2[C@@H]3CC(=O)[C@@]4(Cl)C[C@@H](F)CC[C@]4(C)[C@H]3CC[C@]12C)C(C)C. The van der Waals surface area contributed by atoms with Crippen LogP contribution in [0.25, 0.3) is 0 Å². The van der Waals surface area contributed by atoms with Crippen molar-refractivity contribution in [1.82, 2.24) is 0 Å². The van der Waals surface area contributed by atoms with Gasteiger partial charge in [0, 0.05) is 12.8 Å². The lowest BCUT2D eigenvalue weighted by molar-refractivity contribution is -0.152. The van der Waals surface area contributed by atoms with Crippen molar-refractivity contribution in [2.45, 2.75) is 110 Å². The van der Waals surface area contributed by atoms with E-state index in [-0.39, 0.29) is 17.6 Å². The molecule has 0 aromatic carbocycles. The first-order chi connectivity index (χ1) is 15.0. The van der Waals surface area contributed by atoms with Crippen molar-refractivity contribution in [3.63, 3.8) is 0 Å². The number of Topliss-reactive ketones (excluding diaryl/α,β-unsaturated/α-hetero) is 1. The van der Waals surface area contributed by atoms with Crippen LogP contribution in [0.4, 0.5) is 4.39 Å². The van der Waals surface area contributed by atoms with Gasteiger partial charge >= 0.3 is 0 Å². The molecule has 0 amide bonds. The molecule has 0 radical (unpaired) electrons. The first kappa shape index (κ1) is 24.7. The zero-order valence-corrected chi connectivity index (χ0v) is 22.1. The average Bonchev–Trinajstić information content (AvgIpc) is 3.08. The minimum Gasteiger partial charge on any atom is -0.298 e. The molecule has 3 heteroatoms. The third-order valence-electron chi connectivity index (χ3n) is 11.2. The second kappa shape index (κ2) is 8.69. The Morgan fingerprint density at radius 2 is 1.78 bits per heavy atom. The van der Waals surface area contributed by atoms with Crippen LogP contribution in [0.1, 0.15) is 99.3 Å². The number of carbonyl (C=O) groups excluding carboxylic acids is 1. The summed E-state index contributed by atoms with van der Waals surface area (Å²) >= 11 is 7.05. The topological polar surface area (TPSA) is 17.1 Å². The number of carbonyl (C=O) groups is 1. The van der Waals surface area contributed by atoms with Gasteiger partial charge in [0.25, 0.3) is 0 Å². The maximum atomic E-state index is 14.3. The average molecular weight is 465 g/mol. The highest BCUT2D eigenvalue weighted by Gasteiger charge is 2.67. The van der Waals surface area contributed by atoms with Crippen LogP contribution in [0.5, 0.6) is 0 Å². The second-order valence-electron chi connectivity index (χ2n) is 12.9. The van der Waals surface area contributed by atoms with E-state index in [4.69, 9.17) is 11.6 Å². The van der Waals surface area contributed by atoms with Gasteiger partial charge in [-0.1, -0.05) is 53.7 Å². The summed E-state index contributed by atoms with van der Waals surface area (Å²) in [5, 5.41) is 0. The lowest BCUT2D eigenvalue weighted by Gasteiger charge is -2.62. The van der Waals surface area contributed by atoms with E-state index in [1.54, 1.807) is 0 Å². The van der Waals surface area contributed by atoms with E-state index in [0.29, 0.717) is 59.7 Å². The molecular formula is C29H46ClFO. The second-order valence-corrected chi connectivity index (χ2v) is 13.5. The van der Waals surface area contributed by atoms with Gasteiger partial charge in [-0.2, -0.15) is 0 Å². The normalized spacial score (nSPS) is 48.4. The number of allylic oxidation sites excluding steroid dienone is 2. The van der Waals surface area contributed by atoms with Crippen molar-refractivity contribution in [2.24, 2.45) is 52.3 Å². The number of hydrogen-bond donors (Lipinski definition) is 0.